The van der Waals surface area contributed by atoms with Gasteiger partial charge in [-0.1, -0.05) is 42.8 Å². The van der Waals surface area contributed by atoms with Crippen molar-refractivity contribution < 1.29 is 40.6 Å². The highest BCUT2D eigenvalue weighted by Crippen LogP contribution is 2.61. The molecule has 0 saturated carbocycles. The number of para-hydroxylation sites is 1. The first-order valence-corrected chi connectivity index (χ1v) is 26.5. The summed E-state index contributed by atoms with van der Waals surface area (Å²) in [6.07, 6.45) is 5.15. The van der Waals surface area contributed by atoms with Crippen LogP contribution in [0.5, 0.6) is 0 Å². The molecule has 10 aromatic rings. The number of nitrogens with one attached hydrogen (secondary N) is 6. The van der Waals surface area contributed by atoms with Gasteiger partial charge in [0.1, 0.15) is 51.9 Å². The maximum atomic E-state index is 14.6. The summed E-state index contributed by atoms with van der Waals surface area (Å²) < 4.78 is 93.5. The molecular weight excluding hydrogens is 1130 g/mol. The van der Waals surface area contributed by atoms with Gasteiger partial charge in [0, 0.05) is 6.92 Å². The van der Waals surface area contributed by atoms with Crippen LogP contribution in [0.4, 0.5) is 26.1 Å². The van der Waals surface area contributed by atoms with Crippen molar-refractivity contribution in [3.63, 3.8) is 0 Å². The van der Waals surface area contributed by atoms with Crippen molar-refractivity contribution in [3.8, 4) is 5.69 Å². The van der Waals surface area contributed by atoms with Gasteiger partial charge in [-0.2, -0.15) is 0 Å². The van der Waals surface area contributed by atoms with Crippen molar-refractivity contribution in [2.75, 3.05) is 37.2 Å². The van der Waals surface area contributed by atoms with Crippen molar-refractivity contribution in [2.45, 2.75) is 46.6 Å². The van der Waals surface area contributed by atoms with E-state index in [2.05, 4.69) is 119 Å². The number of esters is 1. The zero-order valence-corrected chi connectivity index (χ0v) is 44.7. The first-order valence-electron chi connectivity index (χ1n) is 24.9. The highest BCUT2D eigenvalue weighted by Gasteiger charge is 2.23. The second-order valence-electron chi connectivity index (χ2n) is 13.9. The predicted molar refractivity (Wildman–Crippen MR) is 292 cm³/mol. The SMILES string of the molecule is Nc1nc[nH]c(=O)c1N.O=P(Cl)(Cl)Cl.[2H]C(OCC)(OCC)OC(C)=O.[2H]CF.[2H]c1nc2c(=O)[nH]cnc2[nH]1.[2H]c1nc2c(Cl)ncnc2[nH]1.[2H]c1nc2c(N[C@@]([2H])(CC)c3nc4cccc(F)c4c(=O)n3-c3ccccc3)ncnc2[nH]1. The average Bonchev–Trinajstić information content (AvgIpc) is 2.89. The minimum Gasteiger partial charge on any atom is -0.410 e. The number of alkyl halides is 1. The molecule has 34 heteroatoms. The number of imidazole rings is 3. The Hall–Kier alpha value is -8.05. The fourth-order valence-electron chi connectivity index (χ4n) is 5.75. The summed E-state index contributed by atoms with van der Waals surface area (Å²) in [5.41, 5.74) is 11.6. The standard InChI is InChI=1S/C22H18FN7O.C7H14O4.C5H3ClN4.C5H4N4O.C4H6N4O.CH3F.Cl3OP/c1-2-15(28-20-18-19(25-11-24-18)26-12-27-20)21-29-16-10-6-9-14(23)17(16)22(31)30(21)13-7-4-3-5-8-13;1-4-9-7(10-5-2)11-6(3)8;6-4-3-5(9-1-7-3)10-2-8-4;10-5-3-4(7-1-6-3)8-2-9-5;5-2-3(6)7-1-8-4(2)9;1-2;1-5(2,3)4/h3-12,15H,2H2,1H3,(H2,24,25,26,27,28);7H,4-5H2,1-3H3;1-2H,(H,7,8,9,10);1-2H,(H2,6,7,8,9,10);1H,5H2,(H3,6,7,8,9);1H3;/t15-;;;;;;/m0....../s1/i11D,15D;7D;2*1D;;1D;. The maximum Gasteiger partial charge on any atom is 0.339 e. The number of nitrogens with zero attached hydrogens (tertiary/aromatic N) is 11. The number of nitrogens with two attached hydrogens (primary N) is 2. The largest absolute Gasteiger partial charge is 0.410 e. The van der Waals surface area contributed by atoms with Gasteiger partial charge in [-0.25, -0.2) is 54.2 Å². The van der Waals surface area contributed by atoms with Gasteiger partial charge in [-0.3, -0.25) is 32.7 Å². The van der Waals surface area contributed by atoms with Crippen LogP contribution in [0.25, 0.3) is 50.1 Å². The second-order valence-corrected chi connectivity index (χ2v) is 20.9. The van der Waals surface area contributed by atoms with Crippen LogP contribution in [-0.2, 0) is 23.6 Å². The van der Waals surface area contributed by atoms with E-state index >= 15 is 0 Å². The van der Waals surface area contributed by atoms with Crippen LogP contribution >= 0.6 is 50.5 Å². The molecule has 2 aromatic carbocycles. The van der Waals surface area contributed by atoms with Crippen molar-refractivity contribution in [2.24, 2.45) is 0 Å². The lowest BCUT2D eigenvalue weighted by Crippen LogP contribution is -2.28. The van der Waals surface area contributed by atoms with Gasteiger partial charge in [0.25, 0.3) is 16.7 Å². The molecule has 78 heavy (non-hydrogen) atoms. The Morgan fingerprint density at radius 3 is 1.90 bits per heavy atom. The van der Waals surface area contributed by atoms with Crippen LogP contribution in [-0.4, -0.2) is 112 Å². The summed E-state index contributed by atoms with van der Waals surface area (Å²) in [6.45, 7) is 4.85. The number of H-pyrrole nitrogens is 5. The topological polar surface area (TPSA) is 390 Å². The number of carbonyl (C=O) groups excluding carboxylic acids is 1. The van der Waals surface area contributed by atoms with E-state index in [4.69, 9.17) is 39.4 Å². The summed E-state index contributed by atoms with van der Waals surface area (Å²) in [4.78, 5) is 97.1. The molecule has 8 aromatic heterocycles. The monoisotopic (exact) mass is 1190 g/mol. The van der Waals surface area contributed by atoms with Crippen molar-refractivity contribution in [1.29, 1.82) is 0 Å². The summed E-state index contributed by atoms with van der Waals surface area (Å²) in [5.74, 6) is -0.948. The molecule has 0 amide bonds. The Kier molecular flexibility index (Phi) is 21.4. The molecule has 27 nitrogen and oxygen atoms in total. The molecule has 0 aliphatic rings. The number of benzene rings is 2. The first-order chi connectivity index (χ1) is 39.6. The first kappa shape index (κ1) is 53.4. The fraction of sp³-hybridized carbons (Fsp3) is 0.227. The molecule has 10 rings (SSSR count). The van der Waals surface area contributed by atoms with Crippen molar-refractivity contribution >= 4 is 118 Å². The molecule has 0 unspecified atom stereocenters. The van der Waals surface area contributed by atoms with Crippen LogP contribution in [0.1, 0.15) is 54.2 Å². The number of carbonyl (C=O) groups is 1. The van der Waals surface area contributed by atoms with Gasteiger partial charge in [0.05, 0.1) is 71.9 Å². The number of aromatic amines is 5. The van der Waals surface area contributed by atoms with Crippen LogP contribution in [0, 0.1) is 5.82 Å². The number of ether oxygens (including phenoxy) is 3. The minimum absolute atomic E-state index is 0.0301. The van der Waals surface area contributed by atoms with Gasteiger partial charge >= 0.3 is 17.6 Å². The summed E-state index contributed by atoms with van der Waals surface area (Å²) >= 11 is 19.5. The van der Waals surface area contributed by atoms with Crippen molar-refractivity contribution in [1.82, 2.24) is 79.3 Å². The van der Waals surface area contributed by atoms with Crippen LogP contribution in [0.3, 0.4) is 0 Å². The van der Waals surface area contributed by atoms with E-state index < -0.39 is 47.7 Å². The molecule has 414 valence electrons. The zero-order chi connectivity index (χ0) is 62.5. The third-order valence-corrected chi connectivity index (χ3v) is 9.16. The summed E-state index contributed by atoms with van der Waals surface area (Å²) in [5, 5.41) is -0.0794. The van der Waals surface area contributed by atoms with Gasteiger partial charge in [-0.05, 0) is 78.3 Å². The maximum absolute atomic E-state index is 14.6. The quantitative estimate of drug-likeness (QED) is 0.0282. The van der Waals surface area contributed by atoms with E-state index in [1.807, 2.05) is 0 Å². The number of hydrogen-bond donors (Lipinski definition) is 8. The Balaban J connectivity index is 0.000000244. The molecule has 0 saturated heterocycles. The molecule has 1 atom stereocenters. The molecule has 0 bridgehead atoms. The van der Waals surface area contributed by atoms with E-state index in [9.17, 15) is 33.9 Å². The van der Waals surface area contributed by atoms with Crippen LogP contribution in [0.2, 0.25) is 5.15 Å². The molecule has 0 spiro atoms. The van der Waals surface area contributed by atoms with E-state index in [0.717, 1.165) is 0 Å². The molecular formula is C44H48Cl4F2N19O8P. The van der Waals surface area contributed by atoms with E-state index in [0.29, 0.717) is 28.1 Å². The van der Waals surface area contributed by atoms with Gasteiger partial charge in [0.2, 0.25) is 0 Å². The predicted octanol–water partition coefficient (Wildman–Crippen LogP) is 7.64. The smallest absolute Gasteiger partial charge is 0.339 e. The van der Waals surface area contributed by atoms with Crippen LogP contribution in [0.15, 0.2) is 107 Å². The fourth-order valence-corrected chi connectivity index (χ4v) is 5.92. The van der Waals surface area contributed by atoms with Crippen LogP contribution < -0.4 is 33.5 Å². The second kappa shape index (κ2) is 31.2. The normalized spacial score (nSPS) is 12.5. The van der Waals surface area contributed by atoms with Crippen molar-refractivity contribution in [3.05, 3.63) is 141 Å². The number of hydrogen-bond acceptors (Lipinski definition) is 21. The number of halogens is 6. The van der Waals surface area contributed by atoms with E-state index in [1.165, 1.54) is 55.0 Å². The van der Waals surface area contributed by atoms with Gasteiger partial charge < -0.3 is 55.9 Å². The number of fused-ring (bicyclic) bond motifs is 4. The summed E-state index contributed by atoms with van der Waals surface area (Å²) in [6, 6.07) is 11.2. The Morgan fingerprint density at radius 1 is 0.795 bits per heavy atom. The lowest BCUT2D eigenvalue weighted by molar-refractivity contribution is -0.271. The van der Waals surface area contributed by atoms with Gasteiger partial charge in [-0.15, -0.1) is 0 Å². The summed E-state index contributed by atoms with van der Waals surface area (Å²) in [7, 11) is -1.00. The average molecular weight is 1190 g/mol. The third kappa shape index (κ3) is 18.6. The van der Waals surface area contributed by atoms with E-state index in [-0.39, 0.29) is 94.3 Å². The molecule has 0 aliphatic carbocycles. The Morgan fingerprint density at radius 2 is 1.35 bits per heavy atom. The lowest BCUT2D eigenvalue weighted by Gasteiger charge is -2.22. The Bertz CT molecular complexity index is 4030. The number of anilines is 3. The molecule has 8 heterocycles. The minimum atomic E-state index is -3.22. The van der Waals surface area contributed by atoms with E-state index in [1.54, 1.807) is 51.1 Å². The lowest BCUT2D eigenvalue weighted by atomic mass is 10.1. The molecule has 10 N–H and O–H groups in total. The number of rotatable bonds is 10. The molecule has 0 fully saturated rings. The Labute approximate surface area is 466 Å². The number of aromatic nitrogens is 16. The highest BCUT2D eigenvalue weighted by molar-refractivity contribution is 8.24. The number of nitrogen functional groups attached to an aromatic ring is 2. The zero-order valence-electron chi connectivity index (χ0n) is 46.8. The van der Waals surface area contributed by atoms with Gasteiger partial charge in [0.15, 0.2) is 39.2 Å². The third-order valence-electron chi connectivity index (χ3n) is 8.88. The highest BCUT2D eigenvalue weighted by atomic mass is 36.0. The molecule has 0 radical (unpaired) electrons. The molecule has 0 aliphatic heterocycles.